The highest BCUT2D eigenvalue weighted by molar-refractivity contribution is 7.16. The van der Waals surface area contributed by atoms with E-state index in [1.54, 1.807) is 11.7 Å². The van der Waals surface area contributed by atoms with Gasteiger partial charge in [0.15, 0.2) is 0 Å². The van der Waals surface area contributed by atoms with Gasteiger partial charge in [-0.25, -0.2) is 0 Å². The number of piperidine rings is 1. The van der Waals surface area contributed by atoms with Gasteiger partial charge in [-0.05, 0) is 54.6 Å². The van der Waals surface area contributed by atoms with Crippen LogP contribution in [0.1, 0.15) is 37.2 Å². The van der Waals surface area contributed by atoms with Crippen LogP contribution in [0.5, 0.6) is 0 Å². The molecule has 1 saturated heterocycles. The Kier molecular flexibility index (Phi) is 6.26. The first kappa shape index (κ1) is 22.8. The number of fused-ring (bicyclic) bond motifs is 1. The van der Waals surface area contributed by atoms with E-state index < -0.39 is 5.54 Å². The second-order valence-corrected chi connectivity index (χ2v) is 10.1. The number of hydrogen-bond donors (Lipinski definition) is 2. The number of rotatable bonds is 7. The molecule has 0 radical (unpaired) electrons. The number of nitrogens with one attached hydrogen (secondary N) is 2. The van der Waals surface area contributed by atoms with Gasteiger partial charge in [-0.1, -0.05) is 48.1 Å². The van der Waals surface area contributed by atoms with Gasteiger partial charge in [0.05, 0.1) is 35.5 Å². The molecular weight excluding hydrogens is 448 g/mol. The Morgan fingerprint density at radius 2 is 2.06 bits per heavy atom. The number of ether oxygens (including phenoxy) is 1. The van der Waals surface area contributed by atoms with Gasteiger partial charge >= 0.3 is 4.87 Å². The van der Waals surface area contributed by atoms with Crippen LogP contribution in [-0.2, 0) is 16.1 Å². The first-order valence-electron chi connectivity index (χ1n) is 11.7. The van der Waals surface area contributed by atoms with E-state index in [9.17, 15) is 14.9 Å². The molecule has 8 heteroatoms. The number of benzene rings is 2. The molecule has 1 aliphatic carbocycles. The smallest absolute Gasteiger partial charge is 0.308 e. The number of methoxy groups -OCH3 is 1. The third kappa shape index (κ3) is 4.27. The highest BCUT2D eigenvalue weighted by Gasteiger charge is 2.57. The van der Waals surface area contributed by atoms with Gasteiger partial charge in [-0.2, -0.15) is 5.26 Å². The normalized spacial score (nSPS) is 24.0. The van der Waals surface area contributed by atoms with Gasteiger partial charge in [0, 0.05) is 13.0 Å². The fourth-order valence-corrected chi connectivity index (χ4v) is 5.78. The summed E-state index contributed by atoms with van der Waals surface area (Å²) in [5, 5.41) is 16.1. The van der Waals surface area contributed by atoms with Crippen LogP contribution in [-0.4, -0.2) is 42.3 Å². The summed E-state index contributed by atoms with van der Waals surface area (Å²) in [6.45, 7) is 1.86. The maximum Gasteiger partial charge on any atom is 0.308 e. The lowest BCUT2D eigenvalue weighted by Gasteiger charge is -2.24. The first-order chi connectivity index (χ1) is 16.5. The Morgan fingerprint density at radius 1 is 1.26 bits per heavy atom. The number of carbonyl (C=O) groups is 1. The van der Waals surface area contributed by atoms with E-state index in [1.165, 1.54) is 11.3 Å². The van der Waals surface area contributed by atoms with E-state index in [1.807, 2.05) is 42.5 Å². The number of thiazole rings is 1. The number of nitriles is 1. The lowest BCUT2D eigenvalue weighted by Crippen LogP contribution is -2.50. The molecule has 0 bridgehead atoms. The van der Waals surface area contributed by atoms with Crippen molar-refractivity contribution in [3.63, 3.8) is 0 Å². The largest absolute Gasteiger partial charge is 0.383 e. The van der Waals surface area contributed by atoms with Crippen molar-refractivity contribution in [1.29, 1.82) is 5.26 Å². The molecule has 1 saturated carbocycles. The molecule has 1 amide bonds. The summed E-state index contributed by atoms with van der Waals surface area (Å²) in [5.74, 6) is -0.0679. The molecule has 3 aromatic rings. The third-order valence-corrected chi connectivity index (χ3v) is 7.93. The zero-order chi connectivity index (χ0) is 23.7. The predicted molar refractivity (Wildman–Crippen MR) is 133 cm³/mol. The zero-order valence-electron chi connectivity index (χ0n) is 19.2. The number of hydrogen-bond acceptors (Lipinski definition) is 6. The fraction of sp³-hybridized carbons (Fsp3) is 0.423. The highest BCUT2D eigenvalue weighted by Crippen LogP contribution is 2.51. The molecule has 1 aromatic heterocycles. The van der Waals surface area contributed by atoms with Crippen LogP contribution >= 0.6 is 11.3 Å². The molecule has 3 atom stereocenters. The number of aromatic nitrogens is 1. The van der Waals surface area contributed by atoms with E-state index in [-0.39, 0.29) is 22.7 Å². The standard InChI is InChI=1S/C26H28N4O3S/c1-33-13-12-30-22-14-19(9-10-23(22)34-25(30)32)17-5-7-18(8-6-17)20-15-26(20,16-27)29-24(31)21-4-2-3-11-28-21/h5-10,14,20-21,28H,2-4,11-13,15H2,1H3,(H,29,31)/t20-,21-,26-/m0/s1. The van der Waals surface area contributed by atoms with Crippen molar-refractivity contribution in [2.75, 3.05) is 20.3 Å². The first-order valence-corrected chi connectivity index (χ1v) is 12.6. The Balaban J connectivity index is 1.33. The summed E-state index contributed by atoms with van der Waals surface area (Å²) in [6.07, 6.45) is 3.58. The number of nitrogens with zero attached hydrogens (tertiary/aromatic N) is 2. The van der Waals surface area contributed by atoms with Gasteiger partial charge in [0.25, 0.3) is 0 Å². The highest BCUT2D eigenvalue weighted by atomic mass is 32.1. The van der Waals surface area contributed by atoms with Crippen LogP contribution in [0.4, 0.5) is 0 Å². The maximum absolute atomic E-state index is 12.7. The molecule has 7 nitrogen and oxygen atoms in total. The molecule has 2 N–H and O–H groups in total. The molecule has 2 heterocycles. The lowest BCUT2D eigenvalue weighted by molar-refractivity contribution is -0.124. The average Bonchev–Trinajstić information content (AvgIpc) is 3.50. The fourth-order valence-electron chi connectivity index (χ4n) is 4.88. The Bertz CT molecular complexity index is 1300. The molecule has 176 valence electrons. The SMILES string of the molecule is COCCn1c(=O)sc2ccc(-c3ccc([C@@H]4C[C@@]4(C#N)NC(=O)[C@@H]4CCCCN4)cc3)cc21. The van der Waals surface area contributed by atoms with Gasteiger partial charge in [-0.3, -0.25) is 14.2 Å². The summed E-state index contributed by atoms with van der Waals surface area (Å²) in [5.41, 5.74) is 3.22. The molecule has 2 fully saturated rings. The quantitative estimate of drug-likeness (QED) is 0.545. The summed E-state index contributed by atoms with van der Waals surface area (Å²) >= 11 is 1.25. The Hall–Kier alpha value is -2.99. The van der Waals surface area contributed by atoms with Crippen LogP contribution in [0.3, 0.4) is 0 Å². The van der Waals surface area contributed by atoms with Crippen LogP contribution in [0.25, 0.3) is 21.3 Å². The van der Waals surface area contributed by atoms with Gasteiger partial charge < -0.3 is 15.4 Å². The van der Waals surface area contributed by atoms with E-state index in [0.29, 0.717) is 19.6 Å². The summed E-state index contributed by atoms with van der Waals surface area (Å²) in [7, 11) is 1.63. The third-order valence-electron chi connectivity index (χ3n) is 6.97. The molecule has 2 aliphatic rings. The molecule has 2 aromatic carbocycles. The van der Waals surface area contributed by atoms with Crippen molar-refractivity contribution in [3.05, 3.63) is 57.7 Å². The van der Waals surface area contributed by atoms with Crippen molar-refractivity contribution >= 4 is 27.5 Å². The van der Waals surface area contributed by atoms with Crippen molar-refractivity contribution < 1.29 is 9.53 Å². The minimum absolute atomic E-state index is 0.00216. The molecule has 0 unspecified atom stereocenters. The summed E-state index contributed by atoms with van der Waals surface area (Å²) in [4.78, 5) is 25.0. The number of carbonyl (C=O) groups excluding carboxylic acids is 1. The Morgan fingerprint density at radius 3 is 2.76 bits per heavy atom. The molecule has 0 spiro atoms. The molecule has 34 heavy (non-hydrogen) atoms. The minimum Gasteiger partial charge on any atom is -0.383 e. The molecular formula is C26H28N4O3S. The van der Waals surface area contributed by atoms with Crippen LogP contribution in [0, 0.1) is 11.3 Å². The minimum atomic E-state index is -0.815. The van der Waals surface area contributed by atoms with Crippen LogP contribution in [0.2, 0.25) is 0 Å². The zero-order valence-corrected chi connectivity index (χ0v) is 20.0. The average molecular weight is 477 g/mol. The lowest BCUT2D eigenvalue weighted by atomic mass is 10.00. The van der Waals surface area contributed by atoms with Crippen LogP contribution < -0.4 is 15.5 Å². The summed E-state index contributed by atoms with van der Waals surface area (Å²) < 4.78 is 7.87. The molecule has 1 aliphatic heterocycles. The van der Waals surface area contributed by atoms with Crippen molar-refractivity contribution in [2.45, 2.75) is 49.7 Å². The van der Waals surface area contributed by atoms with E-state index in [2.05, 4.69) is 16.7 Å². The van der Waals surface area contributed by atoms with E-state index in [0.717, 1.165) is 52.7 Å². The number of amides is 1. The van der Waals surface area contributed by atoms with Gasteiger partial charge in [-0.15, -0.1) is 0 Å². The second kappa shape index (κ2) is 9.34. The maximum atomic E-state index is 12.7. The van der Waals surface area contributed by atoms with Crippen LogP contribution in [0.15, 0.2) is 47.3 Å². The van der Waals surface area contributed by atoms with E-state index in [4.69, 9.17) is 4.74 Å². The molecule has 5 rings (SSSR count). The van der Waals surface area contributed by atoms with Crippen molar-refractivity contribution in [2.24, 2.45) is 0 Å². The topological polar surface area (TPSA) is 96.2 Å². The van der Waals surface area contributed by atoms with Gasteiger partial charge in [0.1, 0.15) is 5.54 Å². The Labute approximate surface area is 202 Å². The monoisotopic (exact) mass is 476 g/mol. The summed E-state index contributed by atoms with van der Waals surface area (Å²) in [6, 6.07) is 16.4. The van der Waals surface area contributed by atoms with Gasteiger partial charge in [0.2, 0.25) is 5.91 Å². The van der Waals surface area contributed by atoms with Crippen molar-refractivity contribution in [1.82, 2.24) is 15.2 Å². The second-order valence-electron chi connectivity index (χ2n) is 9.15. The predicted octanol–water partition coefficient (Wildman–Crippen LogP) is 3.38. The van der Waals surface area contributed by atoms with E-state index >= 15 is 0 Å². The van der Waals surface area contributed by atoms with Crippen molar-refractivity contribution in [3.8, 4) is 17.2 Å².